The second kappa shape index (κ2) is 8.25. The van der Waals surface area contributed by atoms with Gasteiger partial charge in [-0.25, -0.2) is 0 Å². The summed E-state index contributed by atoms with van der Waals surface area (Å²) in [5.41, 5.74) is 7.24. The summed E-state index contributed by atoms with van der Waals surface area (Å²) in [5.74, 6) is -0.458. The molecule has 2 unspecified atom stereocenters. The number of carbonyl (C=O) groups excluding carboxylic acids is 1. The molecule has 1 aliphatic rings. The van der Waals surface area contributed by atoms with Gasteiger partial charge >= 0.3 is 0 Å². The predicted molar refractivity (Wildman–Crippen MR) is 104 cm³/mol. The average molecular weight is 369 g/mol. The Kier molecular flexibility index (Phi) is 5.81. The van der Waals surface area contributed by atoms with Crippen LogP contribution in [-0.4, -0.2) is 30.2 Å². The van der Waals surface area contributed by atoms with Crippen molar-refractivity contribution in [3.8, 4) is 0 Å². The van der Waals surface area contributed by atoms with Crippen LogP contribution >= 0.6 is 11.6 Å². The van der Waals surface area contributed by atoms with Gasteiger partial charge in [-0.2, -0.15) is 0 Å². The van der Waals surface area contributed by atoms with E-state index in [1.165, 1.54) is 0 Å². The molecule has 0 aliphatic carbocycles. The van der Waals surface area contributed by atoms with Crippen molar-refractivity contribution in [3.05, 3.63) is 77.1 Å². The van der Waals surface area contributed by atoms with Crippen LogP contribution in [0.25, 0.3) is 0 Å². The summed E-state index contributed by atoms with van der Waals surface area (Å²) in [5, 5.41) is 3.83. The molecule has 1 aliphatic heterocycles. The number of nitrogens with two attached hydrogens (primary N) is 1. The van der Waals surface area contributed by atoms with Crippen LogP contribution in [-0.2, 0) is 11.2 Å². The third-order valence-electron chi connectivity index (χ3n) is 4.51. The molecule has 5 nitrogen and oxygen atoms in total. The Bertz CT molecular complexity index is 822. The van der Waals surface area contributed by atoms with Crippen LogP contribution in [0, 0.1) is 5.41 Å². The number of hydrogen-bond acceptors (Lipinski definition) is 4. The number of nitrogens with zero attached hydrogens (tertiary/aromatic N) is 2. The number of pyridine rings is 1. The zero-order valence-corrected chi connectivity index (χ0v) is 15.1. The Hall–Kier alpha value is -2.50. The summed E-state index contributed by atoms with van der Waals surface area (Å²) in [4.78, 5) is 20.5. The average Bonchev–Trinajstić information content (AvgIpc) is 2.65. The van der Waals surface area contributed by atoms with Gasteiger partial charge < -0.3 is 11.1 Å². The minimum atomic E-state index is -0.655. The number of halogens is 1. The fourth-order valence-corrected chi connectivity index (χ4v) is 3.42. The minimum absolute atomic E-state index is 0.245. The zero-order chi connectivity index (χ0) is 18.4. The topological polar surface area (TPSA) is 80.4 Å². The third kappa shape index (κ3) is 4.36. The van der Waals surface area contributed by atoms with E-state index in [1.54, 1.807) is 24.7 Å². The molecule has 1 amide bonds. The molecule has 6 heteroatoms. The number of rotatable bonds is 7. The number of aliphatic imine (C=N–C) groups is 1. The fourth-order valence-electron chi connectivity index (χ4n) is 3.17. The summed E-state index contributed by atoms with van der Waals surface area (Å²) in [6.45, 7) is 1.18. The van der Waals surface area contributed by atoms with Crippen molar-refractivity contribution in [3.63, 3.8) is 0 Å². The van der Waals surface area contributed by atoms with Gasteiger partial charge in [0.15, 0.2) is 0 Å². The molecule has 134 valence electrons. The minimum Gasteiger partial charge on any atom is -0.368 e. The molecule has 0 saturated carbocycles. The van der Waals surface area contributed by atoms with Crippen LogP contribution in [0.15, 0.2) is 65.9 Å². The van der Waals surface area contributed by atoms with Gasteiger partial charge in [0, 0.05) is 42.1 Å². The number of benzene rings is 1. The first-order valence-electron chi connectivity index (χ1n) is 8.43. The van der Waals surface area contributed by atoms with E-state index in [4.69, 9.17) is 17.3 Å². The summed E-state index contributed by atoms with van der Waals surface area (Å²) in [6.07, 6.45) is 10.2. The molecule has 3 rings (SSSR count). The van der Waals surface area contributed by atoms with Crippen molar-refractivity contribution in [2.24, 2.45) is 16.1 Å². The third-order valence-corrected chi connectivity index (χ3v) is 4.86. The summed E-state index contributed by atoms with van der Waals surface area (Å²) < 4.78 is 0. The molecule has 3 N–H and O–H groups in total. The molecule has 26 heavy (non-hydrogen) atoms. The van der Waals surface area contributed by atoms with Crippen LogP contribution in [0.2, 0.25) is 5.02 Å². The molecule has 2 aromatic rings. The summed E-state index contributed by atoms with van der Waals surface area (Å²) >= 11 is 6.26. The van der Waals surface area contributed by atoms with Gasteiger partial charge in [-0.15, -0.1) is 0 Å². The van der Waals surface area contributed by atoms with Crippen molar-refractivity contribution in [1.82, 2.24) is 10.3 Å². The van der Waals surface area contributed by atoms with E-state index in [0.29, 0.717) is 23.7 Å². The monoisotopic (exact) mass is 368 g/mol. The van der Waals surface area contributed by atoms with Gasteiger partial charge in [-0.3, -0.25) is 14.8 Å². The first-order valence-corrected chi connectivity index (χ1v) is 8.81. The Morgan fingerprint density at radius 3 is 2.69 bits per heavy atom. The molecular formula is C20H21ClN4O. The Morgan fingerprint density at radius 2 is 2.04 bits per heavy atom. The van der Waals surface area contributed by atoms with Crippen LogP contribution in [0.1, 0.15) is 17.2 Å². The number of nitrogens with one attached hydrogen (secondary N) is 1. The fraction of sp³-hybridized carbons (Fsp3) is 0.250. The van der Waals surface area contributed by atoms with Crippen LogP contribution in [0.5, 0.6) is 0 Å². The molecule has 0 fully saturated rings. The highest BCUT2D eigenvalue weighted by molar-refractivity contribution is 6.31. The lowest BCUT2D eigenvalue weighted by Crippen LogP contribution is -2.43. The van der Waals surface area contributed by atoms with E-state index >= 15 is 0 Å². The van der Waals surface area contributed by atoms with E-state index < -0.39 is 11.9 Å². The number of dihydropyridines is 1. The zero-order valence-electron chi connectivity index (χ0n) is 14.3. The van der Waals surface area contributed by atoms with E-state index in [1.807, 2.05) is 36.4 Å². The molecule has 2 atom stereocenters. The van der Waals surface area contributed by atoms with E-state index in [0.717, 1.165) is 12.0 Å². The number of allylic oxidation sites excluding steroid dienone is 1. The van der Waals surface area contributed by atoms with Crippen molar-refractivity contribution in [1.29, 1.82) is 0 Å². The molecule has 1 aromatic carbocycles. The normalized spacial score (nSPS) is 20.0. The van der Waals surface area contributed by atoms with E-state index in [-0.39, 0.29) is 5.41 Å². The van der Waals surface area contributed by atoms with Gasteiger partial charge in [0.25, 0.3) is 0 Å². The maximum Gasteiger partial charge on any atom is 0.239 e. The second-order valence-electron chi connectivity index (χ2n) is 6.48. The Balaban J connectivity index is 1.80. The summed E-state index contributed by atoms with van der Waals surface area (Å²) in [6, 6.07) is 10.6. The Labute approximate surface area is 158 Å². The van der Waals surface area contributed by atoms with E-state index in [2.05, 4.69) is 21.4 Å². The van der Waals surface area contributed by atoms with Gasteiger partial charge in [0.2, 0.25) is 5.91 Å². The van der Waals surface area contributed by atoms with Crippen LogP contribution < -0.4 is 11.1 Å². The maximum absolute atomic E-state index is 12.0. The summed E-state index contributed by atoms with van der Waals surface area (Å²) in [7, 11) is 0. The molecular weight excluding hydrogens is 348 g/mol. The second-order valence-corrected chi connectivity index (χ2v) is 6.89. The molecule has 0 bridgehead atoms. The number of aromatic nitrogens is 1. The SMILES string of the molecule is NC(=O)C(NCC1(Cc2ccncc2)C=CC=NC1)c1ccccc1Cl. The van der Waals surface area contributed by atoms with Crippen molar-refractivity contribution >= 4 is 23.7 Å². The highest BCUT2D eigenvalue weighted by Gasteiger charge is 2.31. The lowest BCUT2D eigenvalue weighted by molar-refractivity contribution is -0.120. The maximum atomic E-state index is 12.0. The first-order chi connectivity index (χ1) is 12.6. The van der Waals surface area contributed by atoms with Crippen LogP contribution in [0.4, 0.5) is 0 Å². The van der Waals surface area contributed by atoms with Crippen molar-refractivity contribution in [2.75, 3.05) is 13.1 Å². The van der Waals surface area contributed by atoms with E-state index in [9.17, 15) is 4.79 Å². The largest absolute Gasteiger partial charge is 0.368 e. The highest BCUT2D eigenvalue weighted by Crippen LogP contribution is 2.29. The number of hydrogen-bond donors (Lipinski definition) is 2. The van der Waals surface area contributed by atoms with Crippen molar-refractivity contribution in [2.45, 2.75) is 12.5 Å². The molecule has 1 aromatic heterocycles. The van der Waals surface area contributed by atoms with Gasteiger partial charge in [-0.1, -0.05) is 35.9 Å². The smallest absolute Gasteiger partial charge is 0.239 e. The predicted octanol–water partition coefficient (Wildman–Crippen LogP) is 2.72. The lowest BCUT2D eigenvalue weighted by atomic mass is 9.80. The Morgan fingerprint density at radius 1 is 1.27 bits per heavy atom. The first kappa shape index (κ1) is 18.3. The highest BCUT2D eigenvalue weighted by atomic mass is 35.5. The standard InChI is InChI=1S/C20H21ClN4O/c21-17-5-2-1-4-16(17)18(19(22)26)25-14-20(8-3-9-24-13-20)12-15-6-10-23-11-7-15/h1-11,18,25H,12-14H2,(H2,22,26). The number of carbonyl (C=O) groups is 1. The van der Waals surface area contributed by atoms with Gasteiger partial charge in [0.05, 0.1) is 0 Å². The van der Waals surface area contributed by atoms with Crippen LogP contribution in [0.3, 0.4) is 0 Å². The van der Waals surface area contributed by atoms with Crippen molar-refractivity contribution < 1.29 is 4.79 Å². The number of primary amides is 1. The molecule has 0 radical (unpaired) electrons. The quantitative estimate of drug-likeness (QED) is 0.788. The molecule has 0 spiro atoms. The number of amides is 1. The van der Waals surface area contributed by atoms with Gasteiger partial charge in [0.1, 0.15) is 6.04 Å². The lowest BCUT2D eigenvalue weighted by Gasteiger charge is -2.33. The molecule has 2 heterocycles. The van der Waals surface area contributed by atoms with Gasteiger partial charge in [-0.05, 0) is 41.8 Å². The molecule has 0 saturated heterocycles.